The second-order valence-electron chi connectivity index (χ2n) is 12.9. The van der Waals surface area contributed by atoms with Crippen LogP contribution in [0.15, 0.2) is 0 Å². The number of likely N-dealkylation sites (N-methyl/N-ethyl adjacent to an activating group) is 1. The molecule has 202 valence electrons. The summed E-state index contributed by atoms with van der Waals surface area (Å²) in [5.74, 6) is -0.771. The van der Waals surface area contributed by atoms with Gasteiger partial charge in [0.25, 0.3) is 0 Å². The molecule has 0 aromatic heterocycles. The zero-order valence-electron chi connectivity index (χ0n) is 22.3. The first-order valence-electron chi connectivity index (χ1n) is 13.7. The maximum absolute atomic E-state index is 13.4. The van der Waals surface area contributed by atoms with Gasteiger partial charge in [0.1, 0.15) is 18.5 Å². The van der Waals surface area contributed by atoms with E-state index in [1.54, 1.807) is 21.3 Å². The van der Waals surface area contributed by atoms with E-state index in [2.05, 4.69) is 18.7 Å². The second kappa shape index (κ2) is 7.23. The first-order chi connectivity index (χ1) is 17.2. The van der Waals surface area contributed by atoms with Crippen LogP contribution in [-0.4, -0.2) is 104 Å². The third kappa shape index (κ3) is 2.16. The van der Waals surface area contributed by atoms with Gasteiger partial charge in [-0.05, 0) is 31.2 Å². The number of rotatable bonds is 5. The number of carbonyl (C=O) groups is 1. The molecule has 0 aromatic carbocycles. The van der Waals surface area contributed by atoms with Crippen molar-refractivity contribution in [1.82, 2.24) is 4.90 Å². The number of nitrogens with zero attached hydrogens (tertiary/aromatic N) is 1. The van der Waals surface area contributed by atoms with E-state index in [1.165, 1.54) is 6.92 Å². The van der Waals surface area contributed by atoms with Gasteiger partial charge in [0, 0.05) is 59.0 Å². The normalized spacial score (nSPS) is 60.2. The lowest BCUT2D eigenvalue weighted by Crippen LogP contribution is -2.85. The largest absolute Gasteiger partial charge is 0.459 e. The van der Waals surface area contributed by atoms with Crippen molar-refractivity contribution in [2.45, 2.75) is 93.7 Å². The number of likely N-dealkylation sites (tertiary alicyclic amines) is 1. The van der Waals surface area contributed by atoms with Crippen LogP contribution < -0.4 is 0 Å². The Morgan fingerprint density at radius 1 is 1.11 bits per heavy atom. The Labute approximate surface area is 213 Å². The number of ether oxygens (including phenoxy) is 6. The summed E-state index contributed by atoms with van der Waals surface area (Å²) in [6.07, 6.45) is 1.69. The maximum atomic E-state index is 13.4. The Morgan fingerprint density at radius 3 is 2.53 bits per heavy atom. The van der Waals surface area contributed by atoms with E-state index in [0.29, 0.717) is 12.8 Å². The van der Waals surface area contributed by atoms with Gasteiger partial charge in [-0.1, -0.05) is 13.8 Å². The molecular weight excluding hydrogens is 466 g/mol. The third-order valence-corrected chi connectivity index (χ3v) is 12.2. The van der Waals surface area contributed by atoms with Crippen LogP contribution in [0.4, 0.5) is 0 Å². The molecule has 36 heavy (non-hydrogen) atoms. The number of aliphatic hydroxyl groups is 1. The Kier molecular flexibility index (Phi) is 4.87. The number of fused-ring (bicyclic) bond motifs is 1. The molecule has 7 aliphatic rings. The summed E-state index contributed by atoms with van der Waals surface area (Å²) >= 11 is 0. The van der Waals surface area contributed by atoms with E-state index >= 15 is 0 Å². The van der Waals surface area contributed by atoms with E-state index in [-0.39, 0.29) is 60.3 Å². The first kappa shape index (κ1) is 24.2. The summed E-state index contributed by atoms with van der Waals surface area (Å²) in [6.45, 7) is 7.72. The number of carbonyl (C=O) groups excluding carboxylic acids is 1. The van der Waals surface area contributed by atoms with Gasteiger partial charge >= 0.3 is 5.97 Å². The standard InChI is InChI=1S/C27H41NO8/c1-7-28-12-23(3)9-8-17(32-5)26-20(23)21(36-14(2)29)27(22(26)28)25(34-13-35-27)11-16(31-4)15-10-24(26,30)19(25)18(15)33-6/h15-22,30H,7-13H2,1-6H3/t15-,16+,17+,18+,19+,20+,21+,22+,23+,24+,25-,26-,27+/m1/s1. The lowest BCUT2D eigenvalue weighted by Gasteiger charge is -2.71. The van der Waals surface area contributed by atoms with Crippen molar-refractivity contribution in [1.29, 1.82) is 0 Å². The van der Waals surface area contributed by atoms with Gasteiger partial charge in [0.05, 0.1) is 35.4 Å². The average molecular weight is 508 g/mol. The minimum absolute atomic E-state index is 0.0317. The average Bonchev–Trinajstić information content (AvgIpc) is 3.40. The predicted octanol–water partition coefficient (Wildman–Crippen LogP) is 1.35. The highest BCUT2D eigenvalue weighted by Gasteiger charge is 2.97. The van der Waals surface area contributed by atoms with E-state index in [1.807, 2.05) is 0 Å². The number of esters is 1. The third-order valence-electron chi connectivity index (χ3n) is 12.2. The monoisotopic (exact) mass is 507 g/mol. The topological polar surface area (TPSA) is 95.9 Å². The molecule has 2 heterocycles. The summed E-state index contributed by atoms with van der Waals surface area (Å²) in [6, 6.07) is -0.224. The van der Waals surface area contributed by atoms with E-state index in [0.717, 1.165) is 25.9 Å². The van der Waals surface area contributed by atoms with Gasteiger partial charge in [-0.3, -0.25) is 9.69 Å². The van der Waals surface area contributed by atoms with Crippen LogP contribution in [0, 0.1) is 28.6 Å². The molecule has 0 unspecified atom stereocenters. The summed E-state index contributed by atoms with van der Waals surface area (Å²) in [5, 5.41) is 13.4. The van der Waals surface area contributed by atoms with Crippen LogP contribution in [0.25, 0.3) is 0 Å². The Morgan fingerprint density at radius 2 is 1.89 bits per heavy atom. The highest BCUT2D eigenvalue weighted by Crippen LogP contribution is 2.83. The fourth-order valence-electron chi connectivity index (χ4n) is 11.7. The van der Waals surface area contributed by atoms with Crippen LogP contribution in [0.3, 0.4) is 0 Å². The summed E-state index contributed by atoms with van der Waals surface area (Å²) in [7, 11) is 5.23. The van der Waals surface area contributed by atoms with Crippen molar-refractivity contribution >= 4 is 5.97 Å². The number of hydrogen-bond donors (Lipinski definition) is 1. The minimum Gasteiger partial charge on any atom is -0.459 e. The van der Waals surface area contributed by atoms with Crippen molar-refractivity contribution in [3.05, 3.63) is 0 Å². The summed E-state index contributed by atoms with van der Waals surface area (Å²) in [5.41, 5.74) is -3.94. The molecule has 7 bridgehead atoms. The number of piperidine rings is 1. The summed E-state index contributed by atoms with van der Waals surface area (Å²) < 4.78 is 38.7. The SMILES string of the molecule is CCN1C[C@]2(C)CC[C@H](OC)[C@@]34[C@H]1[C@@]1(OCO[C@@]15C[C@H](OC)[C@H]1C[C@]3(O)[C@@H]5[C@H]1OC)[C@@H](OC(C)=O)[C@@H]24. The molecule has 0 amide bonds. The maximum Gasteiger partial charge on any atom is 0.303 e. The molecule has 5 aliphatic carbocycles. The molecule has 2 saturated heterocycles. The molecule has 0 aromatic rings. The lowest BCUT2D eigenvalue weighted by molar-refractivity contribution is -0.332. The van der Waals surface area contributed by atoms with Crippen molar-refractivity contribution in [3.63, 3.8) is 0 Å². The molecule has 2 aliphatic heterocycles. The van der Waals surface area contributed by atoms with Gasteiger partial charge in [-0.15, -0.1) is 0 Å². The Bertz CT molecular complexity index is 979. The van der Waals surface area contributed by atoms with Crippen LogP contribution >= 0.6 is 0 Å². The van der Waals surface area contributed by atoms with Gasteiger partial charge in [0.15, 0.2) is 5.60 Å². The molecule has 13 atom stereocenters. The van der Waals surface area contributed by atoms with Gasteiger partial charge in [-0.2, -0.15) is 0 Å². The molecule has 0 radical (unpaired) electrons. The van der Waals surface area contributed by atoms with Crippen molar-refractivity contribution < 1.29 is 38.3 Å². The Balaban J connectivity index is 1.61. The number of hydrogen-bond acceptors (Lipinski definition) is 9. The zero-order valence-corrected chi connectivity index (χ0v) is 22.3. The van der Waals surface area contributed by atoms with Crippen molar-refractivity contribution in [2.24, 2.45) is 28.6 Å². The second-order valence-corrected chi connectivity index (χ2v) is 12.9. The smallest absolute Gasteiger partial charge is 0.303 e. The molecule has 1 N–H and O–H groups in total. The molecule has 3 spiro atoms. The quantitative estimate of drug-likeness (QED) is 0.553. The van der Waals surface area contributed by atoms with Gasteiger partial charge in [0.2, 0.25) is 0 Å². The molecule has 7 fully saturated rings. The van der Waals surface area contributed by atoms with Gasteiger partial charge < -0.3 is 33.5 Å². The Hall–Kier alpha value is -0.810. The lowest BCUT2D eigenvalue weighted by atomic mass is 9.41. The number of methoxy groups -OCH3 is 3. The van der Waals surface area contributed by atoms with Crippen LogP contribution in [0.2, 0.25) is 0 Å². The molecular formula is C27H41NO8. The highest BCUT2D eigenvalue weighted by molar-refractivity contribution is 5.67. The van der Waals surface area contributed by atoms with Crippen LogP contribution in [0.1, 0.15) is 46.5 Å². The summed E-state index contributed by atoms with van der Waals surface area (Å²) in [4.78, 5) is 15.3. The van der Waals surface area contributed by atoms with Crippen molar-refractivity contribution in [3.8, 4) is 0 Å². The zero-order chi connectivity index (χ0) is 25.5. The molecule has 5 saturated carbocycles. The fourth-order valence-corrected chi connectivity index (χ4v) is 11.7. The molecule has 7 rings (SSSR count). The highest BCUT2D eigenvalue weighted by atomic mass is 16.7. The van der Waals surface area contributed by atoms with E-state index in [4.69, 9.17) is 28.4 Å². The predicted molar refractivity (Wildman–Crippen MR) is 126 cm³/mol. The minimum atomic E-state index is -1.16. The molecule has 9 heteroatoms. The molecule has 9 nitrogen and oxygen atoms in total. The van der Waals surface area contributed by atoms with Gasteiger partial charge in [-0.25, -0.2) is 0 Å². The van der Waals surface area contributed by atoms with Crippen LogP contribution in [-0.2, 0) is 33.2 Å². The van der Waals surface area contributed by atoms with E-state index in [9.17, 15) is 9.90 Å². The van der Waals surface area contributed by atoms with E-state index < -0.39 is 28.3 Å². The van der Waals surface area contributed by atoms with Crippen LogP contribution in [0.5, 0.6) is 0 Å². The first-order valence-corrected chi connectivity index (χ1v) is 13.7. The van der Waals surface area contributed by atoms with Crippen molar-refractivity contribution in [2.75, 3.05) is 41.2 Å². The fraction of sp³-hybridized carbons (Fsp3) is 0.963.